The lowest BCUT2D eigenvalue weighted by atomic mass is 10.1. The van der Waals surface area contributed by atoms with E-state index in [-0.39, 0.29) is 11.7 Å². The van der Waals surface area contributed by atoms with E-state index in [9.17, 15) is 9.59 Å². The van der Waals surface area contributed by atoms with Crippen LogP contribution in [0.2, 0.25) is 0 Å². The number of para-hydroxylation sites is 1. The van der Waals surface area contributed by atoms with E-state index in [2.05, 4.69) is 10.4 Å². The van der Waals surface area contributed by atoms with E-state index >= 15 is 0 Å². The first-order valence-electron chi connectivity index (χ1n) is 9.09. The van der Waals surface area contributed by atoms with Crippen molar-refractivity contribution in [1.29, 1.82) is 0 Å². The number of carbonyl (C=O) groups is 2. The van der Waals surface area contributed by atoms with Crippen LogP contribution in [0, 0.1) is 6.92 Å². The molecule has 0 atom stereocenters. The zero-order valence-electron chi connectivity index (χ0n) is 15.7. The molecule has 1 fully saturated rings. The highest BCUT2D eigenvalue weighted by atomic mass is 32.2. The molecule has 144 valence electrons. The Kier molecular flexibility index (Phi) is 4.80. The molecule has 0 saturated heterocycles. The molecular formula is C20H21N5O2S. The van der Waals surface area contributed by atoms with E-state index in [1.807, 2.05) is 44.3 Å². The van der Waals surface area contributed by atoms with Crippen LogP contribution in [0.15, 0.2) is 35.2 Å². The number of thioether (sulfide) groups is 1. The Hall–Kier alpha value is -2.87. The number of aromatic nitrogens is 3. The number of nitrogens with two attached hydrogens (primary N) is 1. The molecule has 0 aliphatic heterocycles. The zero-order chi connectivity index (χ0) is 19.8. The van der Waals surface area contributed by atoms with Crippen LogP contribution in [0.4, 0.5) is 5.69 Å². The summed E-state index contributed by atoms with van der Waals surface area (Å²) in [5.41, 5.74) is 8.92. The maximum Gasteiger partial charge on any atom is 0.256 e. The summed E-state index contributed by atoms with van der Waals surface area (Å²) in [7, 11) is 1.84. The minimum Gasteiger partial charge on any atom is -0.369 e. The Labute approximate surface area is 166 Å². The molecule has 0 spiro atoms. The number of nitrogens with zero attached hydrogens (tertiary/aromatic N) is 3. The third-order valence-electron chi connectivity index (χ3n) is 4.73. The molecule has 2 amide bonds. The SMILES string of the molecule is Cc1nn(C)c2nc(C3CC3)cc(C(=O)Nc3ccccc3SCC(N)=O)c12. The monoisotopic (exact) mass is 395 g/mol. The van der Waals surface area contributed by atoms with Crippen molar-refractivity contribution in [2.75, 3.05) is 11.1 Å². The van der Waals surface area contributed by atoms with Crippen LogP contribution in [0.25, 0.3) is 11.0 Å². The summed E-state index contributed by atoms with van der Waals surface area (Å²) in [5.74, 6) is -0.0379. The highest BCUT2D eigenvalue weighted by molar-refractivity contribution is 8.00. The van der Waals surface area contributed by atoms with Crippen LogP contribution in [-0.4, -0.2) is 32.3 Å². The van der Waals surface area contributed by atoms with E-state index in [4.69, 9.17) is 10.7 Å². The first-order valence-corrected chi connectivity index (χ1v) is 10.1. The van der Waals surface area contributed by atoms with Gasteiger partial charge in [0.15, 0.2) is 5.65 Å². The third-order valence-corrected chi connectivity index (χ3v) is 5.83. The average molecular weight is 395 g/mol. The quantitative estimate of drug-likeness (QED) is 0.625. The molecule has 3 aromatic rings. The number of benzene rings is 1. The molecule has 28 heavy (non-hydrogen) atoms. The van der Waals surface area contributed by atoms with Crippen LogP contribution in [0.5, 0.6) is 0 Å². The summed E-state index contributed by atoms with van der Waals surface area (Å²) in [4.78, 5) is 29.9. The van der Waals surface area contributed by atoms with Gasteiger partial charge in [-0.2, -0.15) is 5.10 Å². The summed E-state index contributed by atoms with van der Waals surface area (Å²) in [6, 6.07) is 9.27. The molecule has 4 rings (SSSR count). The van der Waals surface area contributed by atoms with Crippen molar-refractivity contribution in [3.05, 3.63) is 47.3 Å². The Morgan fingerprint density at radius 1 is 1.32 bits per heavy atom. The van der Waals surface area contributed by atoms with Gasteiger partial charge < -0.3 is 11.1 Å². The van der Waals surface area contributed by atoms with Gasteiger partial charge in [0.2, 0.25) is 5.91 Å². The fourth-order valence-corrected chi connectivity index (χ4v) is 4.01. The van der Waals surface area contributed by atoms with Gasteiger partial charge in [0, 0.05) is 23.6 Å². The van der Waals surface area contributed by atoms with Crippen molar-refractivity contribution in [3.8, 4) is 0 Å². The van der Waals surface area contributed by atoms with Crippen molar-refractivity contribution >= 4 is 40.3 Å². The molecule has 8 heteroatoms. The minimum atomic E-state index is -0.401. The van der Waals surface area contributed by atoms with Crippen molar-refractivity contribution in [3.63, 3.8) is 0 Å². The fraction of sp³-hybridized carbons (Fsp3) is 0.300. The van der Waals surface area contributed by atoms with Gasteiger partial charge >= 0.3 is 0 Å². The summed E-state index contributed by atoms with van der Waals surface area (Å²) >= 11 is 1.30. The predicted molar refractivity (Wildman–Crippen MR) is 110 cm³/mol. The number of nitrogens with one attached hydrogen (secondary N) is 1. The number of hydrogen-bond donors (Lipinski definition) is 2. The lowest BCUT2D eigenvalue weighted by Gasteiger charge is -2.12. The van der Waals surface area contributed by atoms with E-state index < -0.39 is 5.91 Å². The number of aryl methyl sites for hydroxylation is 2. The number of pyridine rings is 1. The number of rotatable bonds is 6. The number of hydrogen-bond acceptors (Lipinski definition) is 5. The Morgan fingerprint density at radius 3 is 2.79 bits per heavy atom. The van der Waals surface area contributed by atoms with Crippen molar-refractivity contribution < 1.29 is 9.59 Å². The van der Waals surface area contributed by atoms with Crippen LogP contribution >= 0.6 is 11.8 Å². The lowest BCUT2D eigenvalue weighted by molar-refractivity contribution is -0.115. The smallest absolute Gasteiger partial charge is 0.256 e. The number of primary amides is 1. The predicted octanol–water partition coefficient (Wildman–Crippen LogP) is 2.98. The zero-order valence-corrected chi connectivity index (χ0v) is 16.5. The average Bonchev–Trinajstić information content (AvgIpc) is 3.47. The normalized spacial score (nSPS) is 13.6. The molecule has 1 aromatic carbocycles. The standard InChI is InChI=1S/C20H21N5O2S/c1-11-18-13(9-15(12-7-8-12)22-19(18)25(2)24-11)20(27)23-14-5-3-4-6-16(14)28-10-17(21)26/h3-6,9,12H,7-8,10H2,1-2H3,(H2,21,26)(H,23,27). The van der Waals surface area contributed by atoms with Gasteiger partial charge in [-0.15, -0.1) is 11.8 Å². The Bertz CT molecular complexity index is 1090. The van der Waals surface area contributed by atoms with Crippen LogP contribution in [0.1, 0.15) is 40.5 Å². The molecule has 1 saturated carbocycles. The van der Waals surface area contributed by atoms with Crippen molar-refractivity contribution in [2.24, 2.45) is 12.8 Å². The molecule has 7 nitrogen and oxygen atoms in total. The van der Waals surface area contributed by atoms with E-state index in [1.54, 1.807) is 4.68 Å². The molecule has 1 aliphatic carbocycles. The van der Waals surface area contributed by atoms with Crippen LogP contribution < -0.4 is 11.1 Å². The third kappa shape index (κ3) is 3.60. The lowest BCUT2D eigenvalue weighted by Crippen LogP contribution is -2.15. The Morgan fingerprint density at radius 2 is 2.07 bits per heavy atom. The number of amides is 2. The first kappa shape index (κ1) is 18.5. The summed E-state index contributed by atoms with van der Waals surface area (Å²) < 4.78 is 1.73. The maximum atomic E-state index is 13.2. The summed E-state index contributed by atoms with van der Waals surface area (Å²) in [5, 5.41) is 8.21. The summed E-state index contributed by atoms with van der Waals surface area (Å²) in [6.45, 7) is 1.88. The molecule has 3 N–H and O–H groups in total. The Balaban J connectivity index is 1.71. The van der Waals surface area contributed by atoms with Gasteiger partial charge in [-0.1, -0.05) is 12.1 Å². The number of fused-ring (bicyclic) bond motifs is 1. The van der Waals surface area contributed by atoms with Gasteiger partial charge in [-0.25, -0.2) is 4.98 Å². The summed E-state index contributed by atoms with van der Waals surface area (Å²) in [6.07, 6.45) is 2.20. The highest BCUT2D eigenvalue weighted by Gasteiger charge is 2.28. The van der Waals surface area contributed by atoms with E-state index in [0.29, 0.717) is 17.2 Å². The van der Waals surface area contributed by atoms with Gasteiger partial charge in [0.1, 0.15) is 0 Å². The number of carbonyl (C=O) groups excluding carboxylic acids is 2. The molecule has 0 radical (unpaired) electrons. The number of anilines is 1. The van der Waals surface area contributed by atoms with Gasteiger partial charge in [0.25, 0.3) is 5.91 Å². The van der Waals surface area contributed by atoms with E-state index in [0.717, 1.165) is 40.2 Å². The second kappa shape index (κ2) is 7.27. The molecule has 0 unspecified atom stereocenters. The van der Waals surface area contributed by atoms with Crippen LogP contribution in [0.3, 0.4) is 0 Å². The minimum absolute atomic E-state index is 0.153. The second-order valence-corrected chi connectivity index (χ2v) is 8.00. The maximum absolute atomic E-state index is 13.2. The van der Waals surface area contributed by atoms with Crippen molar-refractivity contribution in [2.45, 2.75) is 30.6 Å². The topological polar surface area (TPSA) is 103 Å². The fourth-order valence-electron chi connectivity index (χ4n) is 3.27. The second-order valence-electron chi connectivity index (χ2n) is 6.98. The van der Waals surface area contributed by atoms with Gasteiger partial charge in [-0.05, 0) is 38.0 Å². The molecule has 2 heterocycles. The molecular weight excluding hydrogens is 374 g/mol. The van der Waals surface area contributed by atoms with Gasteiger partial charge in [-0.3, -0.25) is 14.3 Å². The molecule has 0 bridgehead atoms. The molecule has 2 aromatic heterocycles. The largest absolute Gasteiger partial charge is 0.369 e. The van der Waals surface area contributed by atoms with Gasteiger partial charge in [0.05, 0.1) is 28.1 Å². The van der Waals surface area contributed by atoms with E-state index in [1.165, 1.54) is 11.8 Å². The van der Waals surface area contributed by atoms with Crippen molar-refractivity contribution in [1.82, 2.24) is 14.8 Å². The van der Waals surface area contributed by atoms with Crippen LogP contribution in [-0.2, 0) is 11.8 Å². The highest BCUT2D eigenvalue weighted by Crippen LogP contribution is 2.40. The first-order chi connectivity index (χ1) is 13.4. The molecule has 1 aliphatic rings.